The Kier molecular flexibility index (Phi) is 4.18. The number of hydrogen-bond acceptors (Lipinski definition) is 5. The molecule has 3 heterocycles. The van der Waals surface area contributed by atoms with Gasteiger partial charge in [-0.3, -0.25) is 15.0 Å². The molecule has 0 spiro atoms. The third-order valence-electron chi connectivity index (χ3n) is 4.09. The minimum Gasteiger partial charge on any atom is -0.267 e. The van der Waals surface area contributed by atoms with Gasteiger partial charge in [0.1, 0.15) is 11.2 Å². The van der Waals surface area contributed by atoms with E-state index in [4.69, 9.17) is 0 Å². The molecule has 7 heteroatoms. The fraction of sp³-hybridized carbons (Fsp3) is 0.105. The first-order chi connectivity index (χ1) is 12.5. The monoisotopic (exact) mass is 381 g/mol. The van der Waals surface area contributed by atoms with Crippen LogP contribution in [0.2, 0.25) is 0 Å². The summed E-state index contributed by atoms with van der Waals surface area (Å²) < 4.78 is 1.16. The normalized spacial score (nSPS) is 11.0. The fourth-order valence-corrected chi connectivity index (χ4v) is 4.70. The first-order valence-electron chi connectivity index (χ1n) is 7.97. The Hall–Kier alpha value is -2.77. The largest absolute Gasteiger partial charge is 0.281 e. The summed E-state index contributed by atoms with van der Waals surface area (Å²) in [6, 6.07) is 11.5. The fourth-order valence-electron chi connectivity index (χ4n) is 2.87. The summed E-state index contributed by atoms with van der Waals surface area (Å²) in [5.74, 6) is -0.313. The van der Waals surface area contributed by atoms with Gasteiger partial charge in [-0.25, -0.2) is 9.66 Å². The van der Waals surface area contributed by atoms with Crippen LogP contribution >= 0.6 is 22.7 Å². The van der Waals surface area contributed by atoms with Gasteiger partial charge in [0, 0.05) is 20.7 Å². The van der Waals surface area contributed by atoms with Crippen molar-refractivity contribution in [3.05, 3.63) is 73.8 Å². The molecule has 1 amide bonds. The van der Waals surface area contributed by atoms with Crippen LogP contribution in [-0.2, 0) is 0 Å². The molecule has 0 unspecified atom stereocenters. The highest BCUT2D eigenvalue weighted by molar-refractivity contribution is 7.17. The molecule has 0 aliphatic rings. The Morgan fingerprint density at radius 2 is 1.96 bits per heavy atom. The predicted octanol–water partition coefficient (Wildman–Crippen LogP) is 4.19. The van der Waals surface area contributed by atoms with E-state index in [-0.39, 0.29) is 11.5 Å². The number of hydrogen-bond donors (Lipinski definition) is 1. The molecule has 1 aromatic carbocycles. The number of rotatable bonds is 3. The number of aryl methyl sites for hydroxylation is 2. The lowest BCUT2D eigenvalue weighted by Gasteiger charge is -2.08. The van der Waals surface area contributed by atoms with Crippen LogP contribution in [0, 0.1) is 13.8 Å². The van der Waals surface area contributed by atoms with Crippen LogP contribution in [0.4, 0.5) is 0 Å². The van der Waals surface area contributed by atoms with Gasteiger partial charge in [-0.2, -0.15) is 0 Å². The van der Waals surface area contributed by atoms with Crippen molar-refractivity contribution in [1.29, 1.82) is 0 Å². The number of amides is 1. The van der Waals surface area contributed by atoms with Crippen LogP contribution in [0.25, 0.3) is 21.3 Å². The molecule has 26 heavy (non-hydrogen) atoms. The first kappa shape index (κ1) is 16.7. The summed E-state index contributed by atoms with van der Waals surface area (Å²) in [6.07, 6.45) is 1.36. The lowest BCUT2D eigenvalue weighted by Crippen LogP contribution is -2.33. The number of nitrogens with zero attached hydrogens (tertiary/aromatic N) is 2. The third kappa shape index (κ3) is 2.85. The maximum absolute atomic E-state index is 13.0. The van der Waals surface area contributed by atoms with Crippen molar-refractivity contribution in [2.24, 2.45) is 0 Å². The average molecular weight is 381 g/mol. The zero-order valence-corrected chi connectivity index (χ0v) is 15.8. The molecule has 4 aromatic rings. The Labute approximate surface area is 157 Å². The second kappa shape index (κ2) is 6.51. The van der Waals surface area contributed by atoms with Crippen molar-refractivity contribution in [2.75, 3.05) is 5.43 Å². The molecule has 4 rings (SSSR count). The smallest absolute Gasteiger partial charge is 0.267 e. The molecular weight excluding hydrogens is 366 g/mol. The molecule has 0 saturated heterocycles. The maximum atomic E-state index is 13.0. The number of carbonyl (C=O) groups is 1. The van der Waals surface area contributed by atoms with Crippen LogP contribution < -0.4 is 11.0 Å². The number of benzene rings is 1. The SMILES string of the molecule is Cc1cc(C(=O)Nn2cnc3scc(-c4ccccc4)c3c2=O)c(C)s1. The van der Waals surface area contributed by atoms with E-state index < -0.39 is 0 Å². The highest BCUT2D eigenvalue weighted by Crippen LogP contribution is 2.30. The predicted molar refractivity (Wildman–Crippen MR) is 107 cm³/mol. The van der Waals surface area contributed by atoms with Gasteiger partial charge in [-0.05, 0) is 25.5 Å². The molecule has 0 fully saturated rings. The Morgan fingerprint density at radius 3 is 2.65 bits per heavy atom. The molecule has 1 N–H and O–H groups in total. The topological polar surface area (TPSA) is 64.0 Å². The van der Waals surface area contributed by atoms with Crippen LogP contribution in [-0.4, -0.2) is 15.6 Å². The zero-order valence-electron chi connectivity index (χ0n) is 14.1. The second-order valence-corrected chi connectivity index (χ2v) is 8.20. The minimum absolute atomic E-state index is 0.284. The van der Waals surface area contributed by atoms with Crippen LogP contribution in [0.3, 0.4) is 0 Å². The van der Waals surface area contributed by atoms with Crippen molar-refractivity contribution >= 4 is 38.8 Å². The Morgan fingerprint density at radius 1 is 1.19 bits per heavy atom. The number of thiophene rings is 2. The lowest BCUT2D eigenvalue weighted by atomic mass is 10.1. The number of carbonyl (C=O) groups excluding carboxylic acids is 1. The zero-order chi connectivity index (χ0) is 18.3. The van der Waals surface area contributed by atoms with Gasteiger partial charge in [-0.1, -0.05) is 30.3 Å². The number of aromatic nitrogens is 2. The van der Waals surface area contributed by atoms with Crippen molar-refractivity contribution < 1.29 is 4.79 Å². The Bertz CT molecular complexity index is 1170. The molecular formula is C19H15N3O2S2. The van der Waals surface area contributed by atoms with Crippen LogP contribution in [0.1, 0.15) is 20.1 Å². The highest BCUT2D eigenvalue weighted by Gasteiger charge is 2.16. The van der Waals surface area contributed by atoms with E-state index in [9.17, 15) is 9.59 Å². The molecule has 0 atom stereocenters. The van der Waals surface area contributed by atoms with Crippen molar-refractivity contribution in [3.63, 3.8) is 0 Å². The van der Waals surface area contributed by atoms with Crippen molar-refractivity contribution in [1.82, 2.24) is 9.66 Å². The van der Waals surface area contributed by atoms with Gasteiger partial charge >= 0.3 is 0 Å². The number of fused-ring (bicyclic) bond motifs is 1. The van der Waals surface area contributed by atoms with E-state index in [2.05, 4.69) is 10.4 Å². The molecule has 0 saturated carbocycles. The molecule has 5 nitrogen and oxygen atoms in total. The van der Waals surface area contributed by atoms with Gasteiger partial charge in [0.25, 0.3) is 11.5 Å². The van der Waals surface area contributed by atoms with E-state index in [1.807, 2.05) is 55.6 Å². The van der Waals surface area contributed by atoms with Gasteiger partial charge in [0.2, 0.25) is 0 Å². The second-order valence-electron chi connectivity index (χ2n) is 5.88. The molecule has 0 aliphatic heterocycles. The van der Waals surface area contributed by atoms with Gasteiger partial charge < -0.3 is 0 Å². The van der Waals surface area contributed by atoms with E-state index in [1.54, 1.807) is 11.3 Å². The maximum Gasteiger partial charge on any atom is 0.281 e. The molecule has 0 radical (unpaired) electrons. The summed E-state index contributed by atoms with van der Waals surface area (Å²) in [5.41, 5.74) is 4.73. The molecule has 0 bridgehead atoms. The van der Waals surface area contributed by atoms with E-state index in [1.165, 1.54) is 17.7 Å². The summed E-state index contributed by atoms with van der Waals surface area (Å²) >= 11 is 2.97. The first-order valence-corrected chi connectivity index (χ1v) is 9.67. The van der Waals surface area contributed by atoms with E-state index in [0.29, 0.717) is 15.8 Å². The van der Waals surface area contributed by atoms with Crippen molar-refractivity contribution in [3.8, 4) is 11.1 Å². The van der Waals surface area contributed by atoms with E-state index in [0.717, 1.165) is 25.6 Å². The molecule has 0 aliphatic carbocycles. The molecule has 130 valence electrons. The Balaban J connectivity index is 1.77. The van der Waals surface area contributed by atoms with E-state index >= 15 is 0 Å². The van der Waals surface area contributed by atoms with Gasteiger partial charge in [-0.15, -0.1) is 22.7 Å². The average Bonchev–Trinajstić information content (AvgIpc) is 3.21. The quantitative estimate of drug-likeness (QED) is 0.579. The van der Waals surface area contributed by atoms with Gasteiger partial charge in [0.15, 0.2) is 0 Å². The third-order valence-corrected chi connectivity index (χ3v) is 5.94. The summed E-state index contributed by atoms with van der Waals surface area (Å²) in [5, 5.41) is 2.44. The standard InChI is InChI=1S/C19H15N3O2S2/c1-11-8-14(12(2)26-11)17(23)21-22-10-20-18-16(19(22)24)15(9-25-18)13-6-4-3-5-7-13/h3-10H,1-2H3,(H,21,23). The van der Waals surface area contributed by atoms with Crippen LogP contribution in [0.15, 0.2) is 52.9 Å². The van der Waals surface area contributed by atoms with Crippen molar-refractivity contribution in [2.45, 2.75) is 13.8 Å². The molecule has 3 aromatic heterocycles. The van der Waals surface area contributed by atoms with Crippen LogP contribution in [0.5, 0.6) is 0 Å². The summed E-state index contributed by atoms with van der Waals surface area (Å²) in [6.45, 7) is 3.84. The summed E-state index contributed by atoms with van der Waals surface area (Å²) in [7, 11) is 0. The lowest BCUT2D eigenvalue weighted by molar-refractivity contribution is 0.101. The summed E-state index contributed by atoms with van der Waals surface area (Å²) in [4.78, 5) is 32.5. The number of nitrogens with one attached hydrogen (secondary N) is 1. The highest BCUT2D eigenvalue weighted by atomic mass is 32.1. The van der Waals surface area contributed by atoms with Gasteiger partial charge in [0.05, 0.1) is 10.9 Å². The minimum atomic E-state index is -0.313.